The lowest BCUT2D eigenvalue weighted by Gasteiger charge is -2.45. The molecule has 178 valence electrons. The number of imide groups is 1. The number of para-hydroxylation sites is 1. The number of carbonyl (C=O) groups is 3. The van der Waals surface area contributed by atoms with Crippen molar-refractivity contribution in [2.24, 2.45) is 0 Å². The zero-order valence-electron chi connectivity index (χ0n) is 19.9. The lowest BCUT2D eigenvalue weighted by molar-refractivity contribution is -0.127. The van der Waals surface area contributed by atoms with E-state index in [0.717, 1.165) is 39.9 Å². The highest BCUT2D eigenvalue weighted by atomic mass is 35.5. The van der Waals surface area contributed by atoms with E-state index < -0.39 is 17.1 Å². The zero-order chi connectivity index (χ0) is 24.8. The molecule has 0 saturated carbocycles. The minimum atomic E-state index is -0.491. The molecule has 1 N–H and O–H groups in total. The van der Waals surface area contributed by atoms with Crippen LogP contribution >= 0.6 is 23.4 Å². The third-order valence-corrected chi connectivity index (χ3v) is 7.87. The van der Waals surface area contributed by atoms with Gasteiger partial charge in [0.1, 0.15) is 6.54 Å². The second-order valence-corrected chi connectivity index (χ2v) is 10.9. The Morgan fingerprint density at radius 1 is 1.26 bits per heavy atom. The molecule has 8 heteroatoms. The summed E-state index contributed by atoms with van der Waals surface area (Å²) < 4.78 is 0. The van der Waals surface area contributed by atoms with Crippen molar-refractivity contribution < 1.29 is 14.4 Å². The van der Waals surface area contributed by atoms with Gasteiger partial charge in [-0.3, -0.25) is 19.3 Å². The number of fused-ring (bicyclic) bond motifs is 1. The molecule has 6 nitrogen and oxygen atoms in total. The second kappa shape index (κ2) is 9.12. The Morgan fingerprint density at radius 2 is 1.97 bits per heavy atom. The summed E-state index contributed by atoms with van der Waals surface area (Å²) in [4.78, 5) is 41.5. The van der Waals surface area contributed by atoms with Gasteiger partial charge in [-0.15, -0.1) is 0 Å². The van der Waals surface area contributed by atoms with Gasteiger partial charge in [0.15, 0.2) is 0 Å². The number of hydrogen-bond donors (Lipinski definition) is 1. The Labute approximate surface area is 209 Å². The maximum absolute atomic E-state index is 13.0. The first-order valence-electron chi connectivity index (χ1n) is 11.2. The van der Waals surface area contributed by atoms with Gasteiger partial charge in [-0.2, -0.15) is 0 Å². The largest absolute Gasteiger partial charge is 0.369 e. The highest BCUT2D eigenvalue weighted by molar-refractivity contribution is 8.18. The first-order valence-corrected chi connectivity index (χ1v) is 12.4. The standard InChI is InChI=1S/C26H28ClN3O3S/c1-15-8-6-7-9-20(15)28-23(31)14-30-24(32)22(34-25(30)33)11-17-10-18-16(2)13-26(3,4)29(5)21(18)12-19(17)27/h6-12,16H,13-14H2,1-5H3,(H,28,31)/b22-11-. The molecule has 0 aromatic heterocycles. The van der Waals surface area contributed by atoms with Crippen LogP contribution in [0, 0.1) is 6.92 Å². The van der Waals surface area contributed by atoms with Crippen molar-refractivity contribution in [1.82, 2.24) is 4.90 Å². The van der Waals surface area contributed by atoms with Crippen LogP contribution in [0.2, 0.25) is 5.02 Å². The van der Waals surface area contributed by atoms with E-state index in [4.69, 9.17) is 11.6 Å². The molecule has 2 aromatic carbocycles. The van der Waals surface area contributed by atoms with Crippen LogP contribution in [0.15, 0.2) is 41.3 Å². The van der Waals surface area contributed by atoms with Gasteiger partial charge in [-0.1, -0.05) is 36.7 Å². The van der Waals surface area contributed by atoms with Crippen LogP contribution in [-0.2, 0) is 9.59 Å². The number of amides is 3. The predicted molar refractivity (Wildman–Crippen MR) is 139 cm³/mol. The van der Waals surface area contributed by atoms with Gasteiger partial charge in [0, 0.05) is 29.0 Å². The molecule has 0 aliphatic carbocycles. The van der Waals surface area contributed by atoms with Gasteiger partial charge in [0.05, 0.1) is 4.91 Å². The highest BCUT2D eigenvalue weighted by Crippen LogP contribution is 2.45. The van der Waals surface area contributed by atoms with Crippen molar-refractivity contribution in [1.29, 1.82) is 0 Å². The summed E-state index contributed by atoms with van der Waals surface area (Å²) in [5.41, 5.74) is 4.49. The van der Waals surface area contributed by atoms with Gasteiger partial charge in [0.25, 0.3) is 11.1 Å². The number of carbonyl (C=O) groups excluding carboxylic acids is 3. The molecule has 1 saturated heterocycles. The molecule has 1 unspecified atom stereocenters. The van der Waals surface area contributed by atoms with Crippen LogP contribution in [-0.4, -0.2) is 41.1 Å². The van der Waals surface area contributed by atoms with E-state index in [-0.39, 0.29) is 17.0 Å². The van der Waals surface area contributed by atoms with E-state index in [0.29, 0.717) is 22.2 Å². The first-order chi connectivity index (χ1) is 16.0. The Hall–Kier alpha value is -2.77. The fraction of sp³-hybridized carbons (Fsp3) is 0.346. The van der Waals surface area contributed by atoms with Crippen molar-refractivity contribution in [3.63, 3.8) is 0 Å². The van der Waals surface area contributed by atoms with E-state index in [1.807, 2.05) is 37.3 Å². The summed E-state index contributed by atoms with van der Waals surface area (Å²) in [5.74, 6) is -0.593. The number of thioether (sulfide) groups is 1. The first kappa shape index (κ1) is 24.4. The van der Waals surface area contributed by atoms with E-state index >= 15 is 0 Å². The summed E-state index contributed by atoms with van der Waals surface area (Å²) in [5, 5.41) is 2.80. The molecule has 3 amide bonds. The molecule has 1 fully saturated rings. The van der Waals surface area contributed by atoms with Crippen LogP contribution in [0.3, 0.4) is 0 Å². The zero-order valence-corrected chi connectivity index (χ0v) is 21.5. The molecular weight excluding hydrogens is 470 g/mol. The van der Waals surface area contributed by atoms with E-state index in [1.165, 1.54) is 0 Å². The maximum Gasteiger partial charge on any atom is 0.294 e. The smallest absolute Gasteiger partial charge is 0.294 e. The molecule has 0 radical (unpaired) electrons. The molecule has 4 rings (SSSR count). The summed E-state index contributed by atoms with van der Waals surface area (Å²) >= 11 is 7.43. The summed E-state index contributed by atoms with van der Waals surface area (Å²) in [6.07, 6.45) is 2.64. The monoisotopic (exact) mass is 497 g/mol. The molecule has 2 heterocycles. The lowest BCUT2D eigenvalue weighted by Crippen LogP contribution is -2.45. The number of rotatable bonds is 4. The van der Waals surface area contributed by atoms with Crippen LogP contribution < -0.4 is 10.2 Å². The Morgan fingerprint density at radius 3 is 2.68 bits per heavy atom. The average molecular weight is 498 g/mol. The summed E-state index contributed by atoms with van der Waals surface area (Å²) in [6.45, 7) is 8.14. The number of benzene rings is 2. The van der Waals surface area contributed by atoms with Crippen LogP contribution in [0.25, 0.3) is 6.08 Å². The molecular formula is C26H28ClN3O3S. The summed E-state index contributed by atoms with van der Waals surface area (Å²) in [6, 6.07) is 11.3. The molecule has 2 aromatic rings. The molecule has 2 aliphatic heterocycles. The van der Waals surface area contributed by atoms with Crippen LogP contribution in [0.4, 0.5) is 16.2 Å². The van der Waals surface area contributed by atoms with Crippen molar-refractivity contribution in [2.45, 2.75) is 45.6 Å². The number of aryl methyl sites for hydroxylation is 1. The fourth-order valence-electron chi connectivity index (χ4n) is 4.54. The molecule has 0 bridgehead atoms. The van der Waals surface area contributed by atoms with E-state index in [2.05, 4.69) is 38.0 Å². The minimum Gasteiger partial charge on any atom is -0.369 e. The second-order valence-electron chi connectivity index (χ2n) is 9.54. The van der Waals surface area contributed by atoms with Crippen molar-refractivity contribution in [3.05, 3.63) is 63.0 Å². The maximum atomic E-state index is 13.0. The molecule has 0 spiro atoms. The summed E-state index contributed by atoms with van der Waals surface area (Å²) in [7, 11) is 2.06. The Balaban J connectivity index is 1.55. The van der Waals surface area contributed by atoms with Crippen molar-refractivity contribution in [3.8, 4) is 0 Å². The third kappa shape index (κ3) is 4.59. The number of nitrogens with one attached hydrogen (secondary N) is 1. The number of halogens is 1. The average Bonchev–Trinajstić information content (AvgIpc) is 3.02. The fourth-order valence-corrected chi connectivity index (χ4v) is 5.58. The number of anilines is 2. The lowest BCUT2D eigenvalue weighted by atomic mass is 9.80. The topological polar surface area (TPSA) is 69.7 Å². The third-order valence-electron chi connectivity index (χ3n) is 6.63. The van der Waals surface area contributed by atoms with Crippen LogP contribution in [0.1, 0.15) is 49.8 Å². The Kier molecular flexibility index (Phi) is 6.53. The highest BCUT2D eigenvalue weighted by Gasteiger charge is 2.37. The predicted octanol–water partition coefficient (Wildman–Crippen LogP) is 6.05. The Bertz CT molecular complexity index is 1220. The molecule has 1 atom stereocenters. The van der Waals surface area contributed by atoms with Gasteiger partial charge < -0.3 is 10.2 Å². The van der Waals surface area contributed by atoms with E-state index in [9.17, 15) is 14.4 Å². The van der Waals surface area contributed by atoms with Gasteiger partial charge in [0.2, 0.25) is 5.91 Å². The van der Waals surface area contributed by atoms with Gasteiger partial charge in [-0.25, -0.2) is 0 Å². The van der Waals surface area contributed by atoms with Crippen LogP contribution in [0.5, 0.6) is 0 Å². The van der Waals surface area contributed by atoms with Crippen molar-refractivity contribution >= 4 is 57.9 Å². The van der Waals surface area contributed by atoms with E-state index in [1.54, 1.807) is 12.1 Å². The van der Waals surface area contributed by atoms with Crippen molar-refractivity contribution in [2.75, 3.05) is 23.8 Å². The van der Waals surface area contributed by atoms with Gasteiger partial charge in [-0.05, 0) is 85.8 Å². The molecule has 34 heavy (non-hydrogen) atoms. The SMILES string of the molecule is Cc1ccccc1NC(=O)CN1C(=O)S/C(=C\c2cc3c(cc2Cl)N(C)C(C)(C)CC3C)C1=O. The number of hydrogen-bond acceptors (Lipinski definition) is 5. The number of nitrogens with zero attached hydrogens (tertiary/aromatic N) is 2. The quantitative estimate of drug-likeness (QED) is 0.521. The molecule has 2 aliphatic rings. The minimum absolute atomic E-state index is 0.0127. The normalized spacial score (nSPS) is 20.6. The van der Waals surface area contributed by atoms with Gasteiger partial charge >= 0.3 is 0 Å².